The highest BCUT2D eigenvalue weighted by Gasteiger charge is 2.31. The summed E-state index contributed by atoms with van der Waals surface area (Å²) in [6.45, 7) is 0.902. The van der Waals surface area contributed by atoms with Crippen LogP contribution in [0.3, 0.4) is 0 Å². The highest BCUT2D eigenvalue weighted by atomic mass is 19.1. The van der Waals surface area contributed by atoms with Crippen molar-refractivity contribution < 1.29 is 23.5 Å². The quantitative estimate of drug-likeness (QED) is 0.525. The molecule has 0 atom stereocenters. The molecule has 0 bridgehead atoms. The van der Waals surface area contributed by atoms with Gasteiger partial charge in [-0.05, 0) is 54.8 Å². The molecule has 8 nitrogen and oxygen atoms in total. The molecule has 0 spiro atoms. The summed E-state index contributed by atoms with van der Waals surface area (Å²) in [6.07, 6.45) is 3.75. The van der Waals surface area contributed by atoms with Crippen molar-refractivity contribution >= 4 is 17.6 Å². The lowest BCUT2D eigenvalue weighted by Gasteiger charge is -2.31. The SMILES string of the molecule is COc1ccc(C(=O)C2CCN(C(=O)c3nccnc3C(=O)NCc3ccc(F)cc3)CC2)cc1. The number of benzene rings is 2. The molecular formula is C26H25FN4O4. The number of likely N-dealkylation sites (tertiary alicyclic amines) is 1. The first-order valence-corrected chi connectivity index (χ1v) is 11.3. The van der Waals surface area contributed by atoms with Gasteiger partial charge in [-0.3, -0.25) is 14.4 Å². The fraction of sp³-hybridized carbons (Fsp3) is 0.269. The van der Waals surface area contributed by atoms with Crippen molar-refractivity contribution in [3.63, 3.8) is 0 Å². The highest BCUT2D eigenvalue weighted by Crippen LogP contribution is 2.24. The second kappa shape index (κ2) is 10.9. The molecule has 0 saturated carbocycles. The van der Waals surface area contributed by atoms with Crippen LogP contribution in [0.25, 0.3) is 0 Å². The van der Waals surface area contributed by atoms with Gasteiger partial charge < -0.3 is 15.0 Å². The predicted molar refractivity (Wildman–Crippen MR) is 126 cm³/mol. The molecule has 9 heteroatoms. The third-order valence-corrected chi connectivity index (χ3v) is 6.01. The van der Waals surface area contributed by atoms with Crippen LogP contribution in [0.1, 0.15) is 49.7 Å². The van der Waals surface area contributed by atoms with Gasteiger partial charge in [-0.15, -0.1) is 0 Å². The zero-order valence-corrected chi connectivity index (χ0v) is 19.2. The van der Waals surface area contributed by atoms with Gasteiger partial charge in [-0.25, -0.2) is 14.4 Å². The zero-order valence-electron chi connectivity index (χ0n) is 19.2. The van der Waals surface area contributed by atoms with Gasteiger partial charge in [0.15, 0.2) is 17.2 Å². The maximum absolute atomic E-state index is 13.2. The maximum atomic E-state index is 13.2. The minimum absolute atomic E-state index is 0.0379. The first-order chi connectivity index (χ1) is 17.0. The fourth-order valence-electron chi connectivity index (χ4n) is 4.01. The van der Waals surface area contributed by atoms with Crippen molar-refractivity contribution in [2.45, 2.75) is 19.4 Å². The number of aromatic nitrogens is 2. The van der Waals surface area contributed by atoms with Gasteiger partial charge in [-0.1, -0.05) is 12.1 Å². The van der Waals surface area contributed by atoms with E-state index in [0.717, 1.165) is 0 Å². The van der Waals surface area contributed by atoms with Crippen molar-refractivity contribution in [2.24, 2.45) is 5.92 Å². The Morgan fingerprint density at radius 2 is 1.60 bits per heavy atom. The van der Waals surface area contributed by atoms with Crippen LogP contribution in [-0.2, 0) is 6.54 Å². The Balaban J connectivity index is 1.38. The minimum atomic E-state index is -0.546. The number of nitrogens with one attached hydrogen (secondary N) is 1. The summed E-state index contributed by atoms with van der Waals surface area (Å²) >= 11 is 0. The lowest BCUT2D eigenvalue weighted by atomic mass is 9.88. The average Bonchev–Trinajstić information content (AvgIpc) is 2.92. The van der Waals surface area contributed by atoms with Crippen LogP contribution in [0.2, 0.25) is 0 Å². The molecule has 0 aliphatic carbocycles. The van der Waals surface area contributed by atoms with Crippen LogP contribution < -0.4 is 10.1 Å². The third kappa shape index (κ3) is 5.68. The van der Waals surface area contributed by atoms with E-state index in [2.05, 4.69) is 15.3 Å². The van der Waals surface area contributed by atoms with Gasteiger partial charge in [-0.2, -0.15) is 0 Å². The number of Topliss-reactive ketones (excluding diaryl/α,β-unsaturated/α-hetero) is 1. The van der Waals surface area contributed by atoms with Gasteiger partial charge in [0.1, 0.15) is 11.6 Å². The van der Waals surface area contributed by atoms with Crippen LogP contribution in [0.4, 0.5) is 4.39 Å². The predicted octanol–water partition coefficient (Wildman–Crippen LogP) is 3.29. The third-order valence-electron chi connectivity index (χ3n) is 6.01. The van der Waals surface area contributed by atoms with E-state index in [1.165, 1.54) is 24.5 Å². The largest absolute Gasteiger partial charge is 0.497 e. The molecule has 3 aromatic rings. The molecule has 1 aliphatic rings. The standard InChI is InChI=1S/C26H25FN4O4/c1-35-21-8-4-18(5-9-21)24(32)19-10-14-31(15-11-19)26(34)23-22(28-12-13-29-23)25(33)30-16-17-2-6-20(27)7-3-17/h2-9,12-13,19H,10-11,14-16H2,1H3,(H,30,33). The normalized spacial score (nSPS) is 13.8. The number of nitrogens with zero attached hydrogens (tertiary/aromatic N) is 3. The van der Waals surface area contributed by atoms with E-state index in [4.69, 9.17) is 4.74 Å². The summed E-state index contributed by atoms with van der Waals surface area (Å²) in [6, 6.07) is 12.7. The van der Waals surface area contributed by atoms with E-state index in [-0.39, 0.29) is 35.5 Å². The van der Waals surface area contributed by atoms with Crippen LogP contribution in [0, 0.1) is 11.7 Å². The molecule has 1 fully saturated rings. The Hall–Kier alpha value is -4.14. The molecular weight excluding hydrogens is 451 g/mol. The summed E-state index contributed by atoms with van der Waals surface area (Å²) in [5, 5.41) is 2.69. The molecule has 2 heterocycles. The molecule has 4 rings (SSSR count). The number of ketones is 1. The van der Waals surface area contributed by atoms with Gasteiger partial charge >= 0.3 is 0 Å². The molecule has 35 heavy (non-hydrogen) atoms. The molecule has 180 valence electrons. The lowest BCUT2D eigenvalue weighted by molar-refractivity contribution is 0.0641. The van der Waals surface area contributed by atoms with Crippen LogP contribution in [-0.4, -0.2) is 52.7 Å². The van der Waals surface area contributed by atoms with E-state index in [1.807, 2.05) is 0 Å². The average molecular weight is 477 g/mol. The smallest absolute Gasteiger partial charge is 0.274 e. The van der Waals surface area contributed by atoms with Crippen molar-refractivity contribution in [2.75, 3.05) is 20.2 Å². The van der Waals surface area contributed by atoms with Gasteiger partial charge in [0.05, 0.1) is 7.11 Å². The molecule has 1 aromatic heterocycles. The number of rotatable bonds is 7. The molecule has 0 radical (unpaired) electrons. The second-order valence-electron chi connectivity index (χ2n) is 8.22. The van der Waals surface area contributed by atoms with Crippen molar-refractivity contribution in [1.82, 2.24) is 20.2 Å². The number of hydrogen-bond acceptors (Lipinski definition) is 6. The number of carbonyl (C=O) groups excluding carboxylic acids is 3. The van der Waals surface area contributed by atoms with E-state index in [1.54, 1.807) is 48.4 Å². The Labute approximate surface area is 202 Å². The summed E-state index contributed by atoms with van der Waals surface area (Å²) < 4.78 is 18.2. The van der Waals surface area contributed by atoms with Crippen molar-refractivity contribution in [1.29, 1.82) is 0 Å². The van der Waals surface area contributed by atoms with E-state index in [9.17, 15) is 18.8 Å². The van der Waals surface area contributed by atoms with Gasteiger partial charge in [0, 0.05) is 43.5 Å². The number of carbonyl (C=O) groups is 3. The summed E-state index contributed by atoms with van der Waals surface area (Å²) in [5.74, 6) is -0.775. The number of piperidine rings is 1. The monoisotopic (exact) mass is 476 g/mol. The van der Waals surface area contributed by atoms with Crippen LogP contribution in [0.5, 0.6) is 5.75 Å². The molecule has 1 saturated heterocycles. The summed E-state index contributed by atoms with van der Waals surface area (Å²) in [5.41, 5.74) is 1.21. The molecule has 1 N–H and O–H groups in total. The zero-order chi connectivity index (χ0) is 24.8. The molecule has 2 aromatic carbocycles. The topological polar surface area (TPSA) is 101 Å². The van der Waals surface area contributed by atoms with E-state index < -0.39 is 11.8 Å². The Bertz CT molecular complexity index is 1210. The Morgan fingerprint density at radius 1 is 0.971 bits per heavy atom. The lowest BCUT2D eigenvalue weighted by Crippen LogP contribution is -2.41. The molecule has 0 unspecified atom stereocenters. The van der Waals surface area contributed by atoms with Crippen molar-refractivity contribution in [3.8, 4) is 5.75 Å². The number of methoxy groups -OCH3 is 1. The first-order valence-electron chi connectivity index (χ1n) is 11.3. The number of halogens is 1. The van der Waals surface area contributed by atoms with Gasteiger partial charge in [0.25, 0.3) is 11.8 Å². The number of ether oxygens (including phenoxy) is 1. The minimum Gasteiger partial charge on any atom is -0.497 e. The number of hydrogen-bond donors (Lipinski definition) is 1. The van der Waals surface area contributed by atoms with E-state index in [0.29, 0.717) is 42.8 Å². The van der Waals surface area contributed by atoms with Gasteiger partial charge in [0.2, 0.25) is 0 Å². The Kier molecular flexibility index (Phi) is 7.45. The number of amides is 2. The second-order valence-corrected chi connectivity index (χ2v) is 8.22. The first kappa shape index (κ1) is 24.0. The Morgan fingerprint density at radius 3 is 2.23 bits per heavy atom. The van der Waals surface area contributed by atoms with Crippen LogP contribution >= 0.6 is 0 Å². The fourth-order valence-corrected chi connectivity index (χ4v) is 4.01. The van der Waals surface area contributed by atoms with Crippen LogP contribution in [0.15, 0.2) is 60.9 Å². The highest BCUT2D eigenvalue weighted by molar-refractivity contribution is 6.04. The summed E-state index contributed by atoms with van der Waals surface area (Å²) in [4.78, 5) is 48.5. The maximum Gasteiger partial charge on any atom is 0.274 e. The summed E-state index contributed by atoms with van der Waals surface area (Å²) in [7, 11) is 1.57. The molecule has 2 amide bonds. The van der Waals surface area contributed by atoms with E-state index >= 15 is 0 Å². The van der Waals surface area contributed by atoms with Crippen molar-refractivity contribution in [3.05, 3.63) is 89.3 Å². The molecule has 1 aliphatic heterocycles.